The summed E-state index contributed by atoms with van der Waals surface area (Å²) in [4.78, 5) is 10.5. The normalized spacial score (nSPS) is 19.0. The summed E-state index contributed by atoms with van der Waals surface area (Å²) in [5, 5.41) is 4.06. The molecule has 0 aliphatic carbocycles. The fourth-order valence-corrected chi connectivity index (χ4v) is 0.590. The molecule has 0 aromatic rings. The minimum Gasteiger partial charge on any atom is -0.275 e. The second-order valence-corrected chi connectivity index (χ2v) is 1.98. The highest BCUT2D eigenvalue weighted by Crippen LogP contribution is 2.00. The van der Waals surface area contributed by atoms with Gasteiger partial charge >= 0.3 is 6.03 Å². The third-order valence-corrected chi connectivity index (χ3v) is 1.23. The van der Waals surface area contributed by atoms with Crippen molar-refractivity contribution in [1.29, 1.82) is 0 Å². The van der Waals surface area contributed by atoms with E-state index in [1.165, 1.54) is 5.32 Å². The number of amides is 2. The number of hydrogen-bond acceptors (Lipinski definition) is 1. The first-order chi connectivity index (χ1) is 4.20. The summed E-state index contributed by atoms with van der Waals surface area (Å²) < 4.78 is 0. The van der Waals surface area contributed by atoms with E-state index >= 15 is 0 Å². The summed E-state index contributed by atoms with van der Waals surface area (Å²) >= 11 is 0. The van der Waals surface area contributed by atoms with Crippen LogP contribution in [-0.4, -0.2) is 6.03 Å². The maximum absolute atomic E-state index is 10.5. The predicted octanol–water partition coefficient (Wildman–Crippen LogP) is -0.310. The van der Waals surface area contributed by atoms with Crippen molar-refractivity contribution < 1.29 is 10.1 Å². The van der Waals surface area contributed by atoms with Crippen LogP contribution in [0.1, 0.15) is 6.92 Å². The molecule has 9 heavy (non-hydrogen) atoms. The Morgan fingerprint density at radius 2 is 2.44 bits per heavy atom. The van der Waals surface area contributed by atoms with E-state index in [0.717, 1.165) is 5.57 Å². The molecular weight excluding hydrogens is 116 g/mol. The molecule has 1 heterocycles. The minimum atomic E-state index is -0.0920. The lowest BCUT2D eigenvalue weighted by molar-refractivity contribution is -0.484. The number of primary amides is 1. The van der Waals surface area contributed by atoms with E-state index in [-0.39, 0.29) is 6.03 Å². The molecular formula is C6H9N2O+. The summed E-state index contributed by atoms with van der Waals surface area (Å²) in [5.74, 6) is 0. The van der Waals surface area contributed by atoms with Crippen molar-refractivity contribution in [3.63, 3.8) is 0 Å². The maximum atomic E-state index is 10.5. The van der Waals surface area contributed by atoms with E-state index in [2.05, 4.69) is 11.9 Å². The number of quaternary nitrogens is 1. The van der Waals surface area contributed by atoms with Gasteiger partial charge in [0.1, 0.15) is 6.20 Å². The number of allylic oxidation sites excluding steroid dienone is 1. The Morgan fingerprint density at radius 1 is 1.78 bits per heavy atom. The molecule has 0 saturated heterocycles. The Kier molecular flexibility index (Phi) is 1.36. The number of nitrogens with two attached hydrogens (primary N) is 1. The first-order valence-electron chi connectivity index (χ1n) is 2.72. The van der Waals surface area contributed by atoms with Gasteiger partial charge in [-0.15, -0.1) is 0 Å². The zero-order chi connectivity index (χ0) is 6.85. The summed E-state index contributed by atoms with van der Waals surface area (Å²) in [6.07, 6.45) is 1.75. The van der Waals surface area contributed by atoms with E-state index in [1.54, 1.807) is 6.20 Å². The molecule has 3 N–H and O–H groups in total. The summed E-state index contributed by atoms with van der Waals surface area (Å²) in [6.45, 7) is 5.53. The lowest BCUT2D eigenvalue weighted by Crippen LogP contribution is -2.87. The molecule has 0 atom stereocenters. The van der Waals surface area contributed by atoms with Gasteiger partial charge in [-0.3, -0.25) is 5.32 Å². The zero-order valence-corrected chi connectivity index (χ0v) is 5.27. The molecule has 1 aliphatic heterocycles. The van der Waals surface area contributed by atoms with Crippen LogP contribution in [-0.2, 0) is 0 Å². The van der Waals surface area contributed by atoms with Crippen LogP contribution in [0.5, 0.6) is 0 Å². The van der Waals surface area contributed by atoms with E-state index in [9.17, 15) is 4.79 Å². The third kappa shape index (κ3) is 1.17. The summed E-state index contributed by atoms with van der Waals surface area (Å²) in [5.41, 5.74) is 1.71. The third-order valence-electron chi connectivity index (χ3n) is 1.23. The molecule has 0 fully saturated rings. The smallest absolute Gasteiger partial charge is 0.275 e. The monoisotopic (exact) mass is 125 g/mol. The largest absolute Gasteiger partial charge is 0.422 e. The first-order valence-corrected chi connectivity index (χ1v) is 2.72. The van der Waals surface area contributed by atoms with Crippen LogP contribution in [0, 0.1) is 0 Å². The van der Waals surface area contributed by atoms with Gasteiger partial charge in [-0.05, 0) is 6.92 Å². The highest BCUT2D eigenvalue weighted by atomic mass is 16.2. The average molecular weight is 125 g/mol. The molecule has 48 valence electrons. The molecule has 0 aromatic carbocycles. The minimum absolute atomic E-state index is 0.0920. The molecule has 2 amide bonds. The van der Waals surface area contributed by atoms with E-state index < -0.39 is 0 Å². The van der Waals surface area contributed by atoms with Gasteiger partial charge in [-0.2, -0.15) is 0 Å². The van der Waals surface area contributed by atoms with Crippen molar-refractivity contribution in [2.45, 2.75) is 6.92 Å². The highest BCUT2D eigenvalue weighted by Gasteiger charge is 2.12. The van der Waals surface area contributed by atoms with Crippen molar-refractivity contribution in [3.05, 3.63) is 24.0 Å². The van der Waals surface area contributed by atoms with Crippen LogP contribution < -0.4 is 10.6 Å². The van der Waals surface area contributed by atoms with Crippen molar-refractivity contribution >= 4 is 6.03 Å². The van der Waals surface area contributed by atoms with Crippen LogP contribution in [0.2, 0.25) is 0 Å². The van der Waals surface area contributed by atoms with Crippen molar-refractivity contribution in [3.8, 4) is 0 Å². The number of nitrogens with one attached hydrogen (secondary N) is 1. The molecule has 3 nitrogen and oxygen atoms in total. The highest BCUT2D eigenvalue weighted by molar-refractivity contribution is 5.68. The second-order valence-electron chi connectivity index (χ2n) is 1.98. The van der Waals surface area contributed by atoms with Crippen LogP contribution in [0.15, 0.2) is 24.0 Å². The van der Waals surface area contributed by atoms with Gasteiger partial charge in [0.05, 0.1) is 0 Å². The van der Waals surface area contributed by atoms with Gasteiger partial charge < -0.3 is 0 Å². The van der Waals surface area contributed by atoms with Crippen molar-refractivity contribution in [1.82, 2.24) is 5.32 Å². The molecule has 1 rings (SSSR count). The van der Waals surface area contributed by atoms with E-state index in [1.807, 2.05) is 6.92 Å². The maximum Gasteiger partial charge on any atom is 0.422 e. The fraction of sp³-hybridized carbons (Fsp3) is 0.167. The molecule has 0 saturated carbocycles. The summed E-state index contributed by atoms with van der Waals surface area (Å²) in [7, 11) is 0. The molecule has 0 radical (unpaired) electrons. The average Bonchev–Trinajstić information content (AvgIpc) is 1.80. The fourth-order valence-electron chi connectivity index (χ4n) is 0.590. The number of carbonyl (C=O) groups is 1. The first kappa shape index (κ1) is 6.04. The quantitative estimate of drug-likeness (QED) is 0.458. The molecule has 0 unspecified atom stereocenters. The van der Waals surface area contributed by atoms with Crippen molar-refractivity contribution in [2.75, 3.05) is 0 Å². The predicted molar refractivity (Wildman–Crippen MR) is 33.4 cm³/mol. The Bertz CT molecular complexity index is 193. The number of carbonyl (C=O) groups excluding carboxylic acids is 1. The second kappa shape index (κ2) is 2.03. The standard InChI is InChI=1S/C6H8N2O/c1-4-3-7-6(9)8-5(4)2/h3H,2H2,1H3,(H2,7,8,9)/p+1. The Morgan fingerprint density at radius 3 is 2.89 bits per heavy atom. The van der Waals surface area contributed by atoms with Crippen LogP contribution >= 0.6 is 0 Å². The molecule has 1 aliphatic rings. The lowest BCUT2D eigenvalue weighted by atomic mass is 10.2. The van der Waals surface area contributed by atoms with Gasteiger partial charge in [-0.25, -0.2) is 10.1 Å². The number of rotatable bonds is 0. The van der Waals surface area contributed by atoms with Gasteiger partial charge in [0.15, 0.2) is 0 Å². The molecule has 0 aromatic heterocycles. The lowest BCUT2D eigenvalue weighted by Gasteiger charge is -2.08. The Balaban J connectivity index is 2.79. The van der Waals surface area contributed by atoms with Crippen LogP contribution in [0.3, 0.4) is 0 Å². The zero-order valence-electron chi connectivity index (χ0n) is 5.27. The van der Waals surface area contributed by atoms with Gasteiger partial charge in [0, 0.05) is 11.3 Å². The summed E-state index contributed by atoms with van der Waals surface area (Å²) in [6, 6.07) is -0.0920. The Labute approximate surface area is 53.4 Å². The Hall–Kier alpha value is -1.09. The van der Waals surface area contributed by atoms with Gasteiger partial charge in [0.2, 0.25) is 0 Å². The number of hydrogen-bond donors (Lipinski definition) is 2. The molecule has 3 heteroatoms. The van der Waals surface area contributed by atoms with Crippen molar-refractivity contribution in [2.24, 2.45) is 0 Å². The topological polar surface area (TPSA) is 45.7 Å². The van der Waals surface area contributed by atoms with Gasteiger partial charge in [0.25, 0.3) is 0 Å². The van der Waals surface area contributed by atoms with E-state index in [4.69, 9.17) is 0 Å². The van der Waals surface area contributed by atoms with Crippen LogP contribution in [0.4, 0.5) is 4.79 Å². The molecule has 0 spiro atoms. The van der Waals surface area contributed by atoms with E-state index in [0.29, 0.717) is 5.70 Å². The SMILES string of the molecule is C=C1NC(=O)[NH2+]C=C1C. The van der Waals surface area contributed by atoms with Crippen LogP contribution in [0.25, 0.3) is 0 Å². The van der Waals surface area contributed by atoms with Gasteiger partial charge in [-0.1, -0.05) is 6.58 Å². The number of urea groups is 1. The molecule has 0 bridgehead atoms.